The molecule has 116 valence electrons. The molecule has 1 aromatic carbocycles. The summed E-state index contributed by atoms with van der Waals surface area (Å²) in [5.41, 5.74) is -0.427. The molecule has 1 aliphatic carbocycles. The molecular weight excluding hydrogens is 288 g/mol. The number of carbonyl (C=O) groups is 1. The van der Waals surface area contributed by atoms with Gasteiger partial charge in [-0.25, -0.2) is 4.79 Å². The van der Waals surface area contributed by atoms with Gasteiger partial charge in [-0.05, 0) is 35.4 Å². The van der Waals surface area contributed by atoms with Gasteiger partial charge in [0.25, 0.3) is 0 Å². The second kappa shape index (κ2) is 5.24. The van der Waals surface area contributed by atoms with E-state index in [0.717, 1.165) is 12.5 Å². The summed E-state index contributed by atoms with van der Waals surface area (Å²) < 4.78 is 9.83. The molecule has 0 saturated heterocycles. The standard InChI is InChI=1S/C16H16O6/c1-21-15(19)16(20)7-11(14(18)12(17)8-16)9-2-3-13-10(6-9)4-5-22-13/h2-7,12,14,17-18,20H,8H2,1H3/t12?,14-,16+/m1/s1. The first kappa shape index (κ1) is 14.8. The van der Waals surface area contributed by atoms with E-state index in [1.165, 1.54) is 6.08 Å². The maximum Gasteiger partial charge on any atom is 0.342 e. The molecule has 3 rings (SSSR count). The van der Waals surface area contributed by atoms with Gasteiger partial charge in [-0.3, -0.25) is 0 Å². The number of benzene rings is 1. The van der Waals surface area contributed by atoms with Crippen molar-refractivity contribution in [3.05, 3.63) is 42.2 Å². The van der Waals surface area contributed by atoms with E-state index in [1.54, 1.807) is 30.5 Å². The van der Waals surface area contributed by atoms with Crippen LogP contribution >= 0.6 is 0 Å². The van der Waals surface area contributed by atoms with Crippen LogP contribution in [-0.2, 0) is 9.53 Å². The maximum absolute atomic E-state index is 11.8. The lowest BCUT2D eigenvalue weighted by Crippen LogP contribution is -2.48. The minimum atomic E-state index is -1.96. The number of aliphatic hydroxyl groups excluding tert-OH is 2. The van der Waals surface area contributed by atoms with E-state index in [0.29, 0.717) is 11.1 Å². The van der Waals surface area contributed by atoms with Crippen LogP contribution < -0.4 is 0 Å². The van der Waals surface area contributed by atoms with Crippen LogP contribution in [0.1, 0.15) is 12.0 Å². The van der Waals surface area contributed by atoms with Crippen molar-refractivity contribution < 1.29 is 29.3 Å². The van der Waals surface area contributed by atoms with Crippen LogP contribution in [-0.4, -0.2) is 46.2 Å². The Balaban J connectivity index is 2.10. The molecule has 0 bridgehead atoms. The molecule has 2 aromatic rings. The largest absolute Gasteiger partial charge is 0.467 e. The third-order valence-electron chi connectivity index (χ3n) is 3.92. The number of ether oxygens (including phenoxy) is 1. The summed E-state index contributed by atoms with van der Waals surface area (Å²) in [7, 11) is 1.16. The highest BCUT2D eigenvalue weighted by Crippen LogP contribution is 2.35. The van der Waals surface area contributed by atoms with Gasteiger partial charge < -0.3 is 24.5 Å². The van der Waals surface area contributed by atoms with Crippen LogP contribution in [0.3, 0.4) is 0 Å². The summed E-state index contributed by atoms with van der Waals surface area (Å²) >= 11 is 0. The zero-order chi connectivity index (χ0) is 15.9. The third-order valence-corrected chi connectivity index (χ3v) is 3.92. The van der Waals surface area contributed by atoms with Crippen molar-refractivity contribution in [2.45, 2.75) is 24.2 Å². The van der Waals surface area contributed by atoms with Gasteiger partial charge in [0.2, 0.25) is 0 Å². The smallest absolute Gasteiger partial charge is 0.342 e. The van der Waals surface area contributed by atoms with E-state index in [1.807, 2.05) is 0 Å². The average Bonchev–Trinajstić information content (AvgIpc) is 2.97. The fraction of sp³-hybridized carbons (Fsp3) is 0.312. The molecule has 0 spiro atoms. The van der Waals surface area contributed by atoms with Crippen molar-refractivity contribution in [2.24, 2.45) is 0 Å². The van der Waals surface area contributed by atoms with Gasteiger partial charge in [0, 0.05) is 11.8 Å². The minimum absolute atomic E-state index is 0.273. The van der Waals surface area contributed by atoms with Gasteiger partial charge in [0.1, 0.15) is 11.7 Å². The van der Waals surface area contributed by atoms with Crippen LogP contribution in [0.25, 0.3) is 16.5 Å². The van der Waals surface area contributed by atoms with Gasteiger partial charge in [-0.1, -0.05) is 6.07 Å². The number of hydrogen-bond donors (Lipinski definition) is 3. The van der Waals surface area contributed by atoms with Gasteiger partial charge >= 0.3 is 5.97 Å². The molecule has 1 unspecified atom stereocenters. The lowest BCUT2D eigenvalue weighted by atomic mass is 9.80. The van der Waals surface area contributed by atoms with Crippen LogP contribution in [0, 0.1) is 0 Å². The summed E-state index contributed by atoms with van der Waals surface area (Å²) in [4.78, 5) is 11.8. The summed E-state index contributed by atoms with van der Waals surface area (Å²) in [6.45, 7) is 0. The Morgan fingerprint density at radius 3 is 2.86 bits per heavy atom. The number of furan rings is 1. The van der Waals surface area contributed by atoms with E-state index < -0.39 is 23.8 Å². The van der Waals surface area contributed by atoms with Crippen LogP contribution in [0.5, 0.6) is 0 Å². The fourth-order valence-electron chi connectivity index (χ4n) is 2.76. The minimum Gasteiger partial charge on any atom is -0.467 e. The zero-order valence-electron chi connectivity index (χ0n) is 11.9. The van der Waals surface area contributed by atoms with Crippen molar-refractivity contribution in [1.29, 1.82) is 0 Å². The van der Waals surface area contributed by atoms with E-state index >= 15 is 0 Å². The van der Waals surface area contributed by atoms with Gasteiger partial charge in [0.15, 0.2) is 5.60 Å². The Morgan fingerprint density at radius 2 is 2.14 bits per heavy atom. The quantitative estimate of drug-likeness (QED) is 0.711. The molecular formula is C16H16O6. The first-order valence-corrected chi connectivity index (χ1v) is 6.82. The highest BCUT2D eigenvalue weighted by Gasteiger charge is 2.44. The van der Waals surface area contributed by atoms with Crippen molar-refractivity contribution in [1.82, 2.24) is 0 Å². The SMILES string of the molecule is COC(=O)[C@]1(O)C=C(c2ccc3occc3c2)[C@@H](O)C(O)C1. The highest BCUT2D eigenvalue weighted by molar-refractivity contribution is 5.89. The number of methoxy groups -OCH3 is 1. The van der Waals surface area contributed by atoms with E-state index in [4.69, 9.17) is 4.42 Å². The second-order valence-corrected chi connectivity index (χ2v) is 5.41. The summed E-state index contributed by atoms with van der Waals surface area (Å²) in [6, 6.07) is 6.92. The summed E-state index contributed by atoms with van der Waals surface area (Å²) in [6.07, 6.45) is -0.00589. The molecule has 3 N–H and O–H groups in total. The highest BCUT2D eigenvalue weighted by atomic mass is 16.5. The number of fused-ring (bicyclic) bond motifs is 1. The van der Waals surface area contributed by atoms with E-state index in [-0.39, 0.29) is 12.0 Å². The molecule has 0 saturated carbocycles. The second-order valence-electron chi connectivity index (χ2n) is 5.41. The maximum atomic E-state index is 11.8. The lowest BCUT2D eigenvalue weighted by Gasteiger charge is -2.34. The normalized spacial score (nSPS) is 28.5. The van der Waals surface area contributed by atoms with Crippen molar-refractivity contribution >= 4 is 22.5 Å². The predicted molar refractivity (Wildman–Crippen MR) is 77.8 cm³/mol. The predicted octanol–water partition coefficient (Wildman–Crippen LogP) is 0.846. The van der Waals surface area contributed by atoms with Crippen LogP contribution in [0.4, 0.5) is 0 Å². The monoisotopic (exact) mass is 304 g/mol. The van der Waals surface area contributed by atoms with Crippen molar-refractivity contribution in [3.63, 3.8) is 0 Å². The molecule has 1 aliphatic rings. The molecule has 3 atom stereocenters. The number of rotatable bonds is 2. The summed E-state index contributed by atoms with van der Waals surface area (Å²) in [5, 5.41) is 31.4. The molecule has 0 fully saturated rings. The topological polar surface area (TPSA) is 100 Å². The Kier molecular flexibility index (Phi) is 3.52. The van der Waals surface area contributed by atoms with Crippen LogP contribution in [0.2, 0.25) is 0 Å². The molecule has 6 heteroatoms. The van der Waals surface area contributed by atoms with Gasteiger partial charge in [-0.2, -0.15) is 0 Å². The molecule has 1 heterocycles. The lowest BCUT2D eigenvalue weighted by molar-refractivity contribution is -0.161. The fourth-order valence-corrected chi connectivity index (χ4v) is 2.76. The molecule has 0 amide bonds. The first-order chi connectivity index (χ1) is 10.4. The van der Waals surface area contributed by atoms with E-state index in [2.05, 4.69) is 4.74 Å². The van der Waals surface area contributed by atoms with Gasteiger partial charge in [0.05, 0.1) is 19.5 Å². The average molecular weight is 304 g/mol. The molecule has 0 aliphatic heterocycles. The van der Waals surface area contributed by atoms with Crippen LogP contribution in [0.15, 0.2) is 41.0 Å². The number of carbonyl (C=O) groups excluding carboxylic acids is 1. The molecule has 1 aromatic heterocycles. The summed E-state index contributed by atoms with van der Waals surface area (Å²) in [5.74, 6) is -0.875. The van der Waals surface area contributed by atoms with Crippen molar-refractivity contribution in [3.8, 4) is 0 Å². The Morgan fingerprint density at radius 1 is 1.36 bits per heavy atom. The molecule has 6 nitrogen and oxygen atoms in total. The van der Waals surface area contributed by atoms with Crippen molar-refractivity contribution in [2.75, 3.05) is 7.11 Å². The molecule has 0 radical (unpaired) electrons. The Bertz CT molecular complexity index is 746. The number of hydrogen-bond acceptors (Lipinski definition) is 6. The number of esters is 1. The molecule has 22 heavy (non-hydrogen) atoms. The van der Waals surface area contributed by atoms with Gasteiger partial charge in [-0.15, -0.1) is 0 Å². The first-order valence-electron chi connectivity index (χ1n) is 6.82. The Labute approximate surface area is 126 Å². The number of aliphatic hydroxyl groups is 3. The zero-order valence-corrected chi connectivity index (χ0v) is 11.9. The van der Waals surface area contributed by atoms with E-state index in [9.17, 15) is 20.1 Å². The Hall–Kier alpha value is -2.15. The third kappa shape index (κ3) is 2.31.